The second kappa shape index (κ2) is 3.62. The summed E-state index contributed by atoms with van der Waals surface area (Å²) < 4.78 is 0. The lowest BCUT2D eigenvalue weighted by atomic mass is 10.1. The van der Waals surface area contributed by atoms with E-state index in [1.54, 1.807) is 0 Å². The maximum Gasteiger partial charge on any atom is 0.177 e. The van der Waals surface area contributed by atoms with Crippen LogP contribution in [0.4, 0.5) is 0 Å². The Morgan fingerprint density at radius 2 is 2.00 bits per heavy atom. The second-order valence-corrected chi connectivity index (χ2v) is 2.39. The average molecular weight is 146 g/mol. The lowest BCUT2D eigenvalue weighted by Crippen LogP contribution is -2.11. The van der Waals surface area contributed by atoms with Crippen LogP contribution in [0, 0.1) is 11.5 Å². The van der Waals surface area contributed by atoms with Crippen LogP contribution in [0.3, 0.4) is 0 Å². The zero-order valence-electron chi connectivity index (χ0n) is 6.41. The fraction of sp³-hybridized carbons (Fsp3) is 0.222. The zero-order valence-corrected chi connectivity index (χ0v) is 6.41. The number of nitrogens with zero attached hydrogens (tertiary/aromatic N) is 1. The van der Waals surface area contributed by atoms with Crippen molar-refractivity contribution in [2.45, 2.75) is 13.0 Å². The van der Waals surface area contributed by atoms with Gasteiger partial charge in [0.05, 0.1) is 6.04 Å². The molecule has 0 unspecified atom stereocenters. The lowest BCUT2D eigenvalue weighted by Gasteiger charge is -2.07. The first-order chi connectivity index (χ1) is 5.34. The number of rotatable bonds is 2. The number of nitriles is 1. The molecule has 56 valence electrons. The molecule has 0 aliphatic carbocycles. The van der Waals surface area contributed by atoms with Gasteiger partial charge in [0.1, 0.15) is 0 Å². The van der Waals surface area contributed by atoms with Crippen molar-refractivity contribution in [3.63, 3.8) is 0 Å². The molecule has 0 bridgehead atoms. The Hall–Kier alpha value is -1.49. The maximum absolute atomic E-state index is 8.34. The van der Waals surface area contributed by atoms with Crippen LogP contribution in [0.2, 0.25) is 0 Å². The molecule has 1 atom stereocenters. The van der Waals surface area contributed by atoms with E-state index in [9.17, 15) is 0 Å². The van der Waals surface area contributed by atoms with Gasteiger partial charge in [-0.3, -0.25) is 0 Å². The van der Waals surface area contributed by atoms with Gasteiger partial charge in [0.15, 0.2) is 6.19 Å². The molecule has 0 aliphatic rings. The summed E-state index contributed by atoms with van der Waals surface area (Å²) in [6.45, 7) is 1.96. The van der Waals surface area contributed by atoms with Gasteiger partial charge in [-0.05, 0) is 12.5 Å². The predicted molar refractivity (Wildman–Crippen MR) is 43.6 cm³/mol. The van der Waals surface area contributed by atoms with Crippen molar-refractivity contribution < 1.29 is 0 Å². The van der Waals surface area contributed by atoms with Crippen molar-refractivity contribution in [3.05, 3.63) is 35.9 Å². The Kier molecular flexibility index (Phi) is 2.51. The van der Waals surface area contributed by atoms with Crippen LogP contribution in [0.1, 0.15) is 18.5 Å². The van der Waals surface area contributed by atoms with Crippen molar-refractivity contribution in [2.75, 3.05) is 0 Å². The maximum atomic E-state index is 8.34. The van der Waals surface area contributed by atoms with Crippen LogP contribution < -0.4 is 5.32 Å². The van der Waals surface area contributed by atoms with Gasteiger partial charge in [0, 0.05) is 0 Å². The van der Waals surface area contributed by atoms with Crippen LogP contribution in [0.15, 0.2) is 30.3 Å². The summed E-state index contributed by atoms with van der Waals surface area (Å²) in [6, 6.07) is 9.99. The molecule has 0 spiro atoms. The summed E-state index contributed by atoms with van der Waals surface area (Å²) >= 11 is 0. The number of benzene rings is 1. The second-order valence-electron chi connectivity index (χ2n) is 2.39. The van der Waals surface area contributed by atoms with Gasteiger partial charge in [0.25, 0.3) is 0 Å². The van der Waals surface area contributed by atoms with E-state index in [1.807, 2.05) is 43.4 Å². The third-order valence-electron chi connectivity index (χ3n) is 1.58. The smallest absolute Gasteiger partial charge is 0.177 e. The third-order valence-corrected chi connectivity index (χ3v) is 1.58. The summed E-state index contributed by atoms with van der Waals surface area (Å²) in [7, 11) is 0. The van der Waals surface area contributed by atoms with E-state index in [1.165, 1.54) is 0 Å². The normalized spacial score (nSPS) is 11.6. The van der Waals surface area contributed by atoms with E-state index >= 15 is 0 Å². The number of hydrogen-bond donors (Lipinski definition) is 1. The van der Waals surface area contributed by atoms with Crippen LogP contribution in [-0.2, 0) is 0 Å². The van der Waals surface area contributed by atoms with Gasteiger partial charge in [0.2, 0.25) is 0 Å². The quantitative estimate of drug-likeness (QED) is 0.510. The lowest BCUT2D eigenvalue weighted by molar-refractivity contribution is 0.697. The summed E-state index contributed by atoms with van der Waals surface area (Å²) in [5.74, 6) is 0. The summed E-state index contributed by atoms with van der Waals surface area (Å²) in [4.78, 5) is 0. The Balaban J connectivity index is 2.70. The predicted octanol–water partition coefficient (Wildman–Crippen LogP) is 1.82. The standard InChI is InChI=1S/C9H10N2/c1-8(11-7-10)9-5-3-2-4-6-9/h2-6,8,11H,1H3/t8-/m0/s1. The largest absolute Gasteiger partial charge is 0.317 e. The van der Waals surface area contributed by atoms with Crippen molar-refractivity contribution in [1.82, 2.24) is 5.32 Å². The first kappa shape index (κ1) is 7.62. The Morgan fingerprint density at radius 1 is 1.36 bits per heavy atom. The van der Waals surface area contributed by atoms with E-state index in [4.69, 9.17) is 5.26 Å². The first-order valence-electron chi connectivity index (χ1n) is 3.54. The van der Waals surface area contributed by atoms with Gasteiger partial charge in [-0.15, -0.1) is 0 Å². The SMILES string of the molecule is C[C@H](NC#N)c1ccccc1. The minimum absolute atomic E-state index is 0.112. The van der Waals surface area contributed by atoms with Gasteiger partial charge in [-0.2, -0.15) is 5.26 Å². The van der Waals surface area contributed by atoms with E-state index in [2.05, 4.69) is 5.32 Å². The molecule has 1 aromatic carbocycles. The zero-order chi connectivity index (χ0) is 8.10. The monoisotopic (exact) mass is 146 g/mol. The molecule has 0 aromatic heterocycles. The highest BCUT2D eigenvalue weighted by atomic mass is 14.9. The van der Waals surface area contributed by atoms with Crippen molar-refractivity contribution in [3.8, 4) is 6.19 Å². The molecule has 0 aliphatic heterocycles. The van der Waals surface area contributed by atoms with Crippen LogP contribution in [-0.4, -0.2) is 0 Å². The highest BCUT2D eigenvalue weighted by Crippen LogP contribution is 2.09. The first-order valence-corrected chi connectivity index (χ1v) is 3.54. The summed E-state index contributed by atoms with van der Waals surface area (Å²) in [5, 5.41) is 11.0. The van der Waals surface area contributed by atoms with E-state index in [-0.39, 0.29) is 6.04 Å². The van der Waals surface area contributed by atoms with Crippen molar-refractivity contribution >= 4 is 0 Å². The van der Waals surface area contributed by atoms with Gasteiger partial charge >= 0.3 is 0 Å². The van der Waals surface area contributed by atoms with Crippen LogP contribution >= 0.6 is 0 Å². The molecule has 0 saturated carbocycles. The summed E-state index contributed by atoms with van der Waals surface area (Å²) in [5.41, 5.74) is 1.13. The molecular formula is C9H10N2. The van der Waals surface area contributed by atoms with E-state index < -0.39 is 0 Å². The highest BCUT2D eigenvalue weighted by molar-refractivity contribution is 5.18. The molecule has 0 saturated heterocycles. The minimum atomic E-state index is 0.112. The topological polar surface area (TPSA) is 35.8 Å². The Morgan fingerprint density at radius 3 is 2.55 bits per heavy atom. The average Bonchev–Trinajstić information content (AvgIpc) is 2.07. The van der Waals surface area contributed by atoms with E-state index in [0.717, 1.165) is 5.56 Å². The van der Waals surface area contributed by atoms with Crippen LogP contribution in [0.5, 0.6) is 0 Å². The van der Waals surface area contributed by atoms with Gasteiger partial charge in [-0.25, -0.2) is 0 Å². The molecule has 1 rings (SSSR count). The third kappa shape index (κ3) is 1.98. The van der Waals surface area contributed by atoms with Crippen molar-refractivity contribution in [1.29, 1.82) is 5.26 Å². The minimum Gasteiger partial charge on any atom is -0.317 e. The van der Waals surface area contributed by atoms with Gasteiger partial charge in [-0.1, -0.05) is 30.3 Å². The Labute approximate surface area is 66.5 Å². The summed E-state index contributed by atoms with van der Waals surface area (Å²) in [6.07, 6.45) is 1.92. The fourth-order valence-corrected chi connectivity index (χ4v) is 0.922. The molecule has 0 heterocycles. The number of hydrogen-bond acceptors (Lipinski definition) is 2. The molecular weight excluding hydrogens is 136 g/mol. The molecule has 0 amide bonds. The molecule has 2 nitrogen and oxygen atoms in total. The molecule has 0 radical (unpaired) electrons. The fourth-order valence-electron chi connectivity index (χ4n) is 0.922. The Bertz CT molecular complexity index is 248. The van der Waals surface area contributed by atoms with E-state index in [0.29, 0.717) is 0 Å². The molecule has 11 heavy (non-hydrogen) atoms. The van der Waals surface area contributed by atoms with Crippen LogP contribution in [0.25, 0.3) is 0 Å². The molecule has 1 aromatic rings. The highest BCUT2D eigenvalue weighted by Gasteiger charge is 2.00. The molecule has 2 heteroatoms. The van der Waals surface area contributed by atoms with Crippen molar-refractivity contribution in [2.24, 2.45) is 0 Å². The molecule has 1 N–H and O–H groups in total. The molecule has 0 fully saturated rings. The van der Waals surface area contributed by atoms with Gasteiger partial charge < -0.3 is 5.32 Å². The number of nitrogens with one attached hydrogen (secondary N) is 1.